The molecular formula is C16H20ClN3O2. The van der Waals surface area contributed by atoms with Gasteiger partial charge in [-0.2, -0.15) is 0 Å². The Kier molecular flexibility index (Phi) is 5.08. The van der Waals surface area contributed by atoms with E-state index in [1.54, 1.807) is 12.5 Å². The average molecular weight is 322 g/mol. The lowest BCUT2D eigenvalue weighted by atomic mass is 10.2. The van der Waals surface area contributed by atoms with Gasteiger partial charge in [-0.1, -0.05) is 17.7 Å². The molecule has 1 aromatic heterocycles. The van der Waals surface area contributed by atoms with Gasteiger partial charge in [0.25, 0.3) is 0 Å². The van der Waals surface area contributed by atoms with Crippen LogP contribution in [0.5, 0.6) is 0 Å². The predicted octanol–water partition coefficient (Wildman–Crippen LogP) is 3.59. The minimum absolute atomic E-state index is 0.415. The van der Waals surface area contributed by atoms with Crippen LogP contribution in [0, 0.1) is 0 Å². The van der Waals surface area contributed by atoms with Gasteiger partial charge in [0, 0.05) is 35.6 Å². The largest absolute Gasteiger partial charge is 0.444 e. The lowest BCUT2D eigenvalue weighted by Crippen LogP contribution is -2.33. The number of hydrogen-bond acceptors (Lipinski definition) is 3. The van der Waals surface area contributed by atoms with E-state index in [0.717, 1.165) is 11.4 Å². The maximum atomic E-state index is 11.6. The zero-order valence-electron chi connectivity index (χ0n) is 13.0. The molecule has 0 saturated carbocycles. The molecule has 1 heterocycles. The van der Waals surface area contributed by atoms with Gasteiger partial charge in [-0.05, 0) is 39.0 Å². The molecule has 118 valence electrons. The minimum atomic E-state index is -0.493. The Bertz CT molecular complexity index is 647. The molecule has 0 aliphatic heterocycles. The molecule has 0 aliphatic carbocycles. The van der Waals surface area contributed by atoms with Crippen molar-refractivity contribution in [3.05, 3.63) is 47.5 Å². The van der Waals surface area contributed by atoms with Crippen LogP contribution < -0.4 is 5.32 Å². The molecule has 2 rings (SSSR count). The summed E-state index contributed by atoms with van der Waals surface area (Å²) in [6.45, 7) is 5.98. The maximum absolute atomic E-state index is 11.6. The number of carbonyl (C=O) groups is 1. The summed E-state index contributed by atoms with van der Waals surface area (Å²) < 4.78 is 7.14. The van der Waals surface area contributed by atoms with Crippen LogP contribution in [0.2, 0.25) is 5.02 Å². The first-order chi connectivity index (χ1) is 10.3. The Balaban J connectivity index is 1.95. The van der Waals surface area contributed by atoms with E-state index in [-0.39, 0.29) is 0 Å². The molecule has 0 spiro atoms. The second-order valence-electron chi connectivity index (χ2n) is 5.91. The molecule has 0 radical (unpaired) electrons. The van der Waals surface area contributed by atoms with E-state index >= 15 is 0 Å². The normalized spacial score (nSPS) is 11.3. The van der Waals surface area contributed by atoms with Crippen molar-refractivity contribution >= 4 is 17.7 Å². The van der Waals surface area contributed by atoms with Crippen LogP contribution in [-0.4, -0.2) is 27.8 Å². The fourth-order valence-electron chi connectivity index (χ4n) is 1.97. The third kappa shape index (κ3) is 4.77. The first kappa shape index (κ1) is 16.4. The summed E-state index contributed by atoms with van der Waals surface area (Å²) in [5, 5.41) is 3.41. The van der Waals surface area contributed by atoms with E-state index in [0.29, 0.717) is 18.0 Å². The Morgan fingerprint density at radius 2 is 2.18 bits per heavy atom. The number of hydrogen-bond donors (Lipinski definition) is 1. The number of ether oxygens (including phenoxy) is 1. The molecule has 1 N–H and O–H groups in total. The molecule has 0 aliphatic rings. The van der Waals surface area contributed by atoms with Crippen LogP contribution in [-0.2, 0) is 11.2 Å². The molecule has 0 unspecified atom stereocenters. The number of alkyl carbamates (subject to hydrolysis) is 1. The van der Waals surface area contributed by atoms with Crippen molar-refractivity contribution in [3.63, 3.8) is 0 Å². The van der Waals surface area contributed by atoms with Crippen molar-refractivity contribution in [1.29, 1.82) is 0 Å². The number of aromatic nitrogens is 2. The number of imidazole rings is 1. The highest BCUT2D eigenvalue weighted by molar-refractivity contribution is 6.30. The molecule has 0 saturated heterocycles. The standard InChI is InChI=1S/C16H20ClN3O2/c1-16(2,3)22-15(21)19-8-7-14-10-18-11-20(14)13-6-4-5-12(17)9-13/h4-6,9-11H,7-8H2,1-3H3,(H,19,21). The molecule has 1 aromatic carbocycles. The summed E-state index contributed by atoms with van der Waals surface area (Å²) in [5.41, 5.74) is 1.43. The van der Waals surface area contributed by atoms with Gasteiger partial charge < -0.3 is 14.6 Å². The highest BCUT2D eigenvalue weighted by atomic mass is 35.5. The van der Waals surface area contributed by atoms with Crippen molar-refractivity contribution in [2.75, 3.05) is 6.54 Å². The Hall–Kier alpha value is -2.01. The zero-order valence-corrected chi connectivity index (χ0v) is 13.7. The molecule has 1 amide bonds. The van der Waals surface area contributed by atoms with Gasteiger partial charge in [-0.25, -0.2) is 9.78 Å². The average Bonchev–Trinajstić information content (AvgIpc) is 2.85. The summed E-state index contributed by atoms with van der Waals surface area (Å²) in [5.74, 6) is 0. The molecule has 0 atom stereocenters. The van der Waals surface area contributed by atoms with Crippen molar-refractivity contribution in [3.8, 4) is 5.69 Å². The van der Waals surface area contributed by atoms with Gasteiger partial charge in [0.15, 0.2) is 0 Å². The maximum Gasteiger partial charge on any atom is 0.407 e. The minimum Gasteiger partial charge on any atom is -0.444 e. The second kappa shape index (κ2) is 6.83. The summed E-state index contributed by atoms with van der Waals surface area (Å²) in [6, 6.07) is 7.54. The quantitative estimate of drug-likeness (QED) is 0.936. The van der Waals surface area contributed by atoms with Crippen molar-refractivity contribution in [2.45, 2.75) is 32.8 Å². The van der Waals surface area contributed by atoms with Crippen LogP contribution >= 0.6 is 11.6 Å². The highest BCUT2D eigenvalue weighted by Crippen LogP contribution is 2.16. The van der Waals surface area contributed by atoms with Crippen LogP contribution in [0.25, 0.3) is 5.69 Å². The second-order valence-corrected chi connectivity index (χ2v) is 6.35. The molecule has 2 aromatic rings. The number of nitrogens with zero attached hydrogens (tertiary/aromatic N) is 2. The van der Waals surface area contributed by atoms with E-state index in [9.17, 15) is 4.79 Å². The van der Waals surface area contributed by atoms with E-state index < -0.39 is 11.7 Å². The number of amides is 1. The monoisotopic (exact) mass is 321 g/mol. The van der Waals surface area contributed by atoms with Gasteiger partial charge in [0.05, 0.1) is 6.33 Å². The summed E-state index contributed by atoms with van der Waals surface area (Å²) in [6.07, 6.45) is 3.74. The molecule has 6 heteroatoms. The van der Waals surface area contributed by atoms with Crippen LogP contribution in [0.3, 0.4) is 0 Å². The summed E-state index contributed by atoms with van der Waals surface area (Å²) in [4.78, 5) is 15.8. The van der Waals surface area contributed by atoms with Gasteiger partial charge in [0.2, 0.25) is 0 Å². The number of rotatable bonds is 4. The fourth-order valence-corrected chi connectivity index (χ4v) is 2.16. The molecule has 0 fully saturated rings. The smallest absolute Gasteiger partial charge is 0.407 e. The summed E-state index contributed by atoms with van der Waals surface area (Å²) in [7, 11) is 0. The van der Waals surface area contributed by atoms with Crippen molar-refractivity contribution in [2.24, 2.45) is 0 Å². The lowest BCUT2D eigenvalue weighted by molar-refractivity contribution is 0.0528. The predicted molar refractivity (Wildman–Crippen MR) is 86.5 cm³/mol. The topological polar surface area (TPSA) is 56.1 Å². The zero-order chi connectivity index (χ0) is 16.2. The fraction of sp³-hybridized carbons (Fsp3) is 0.375. The SMILES string of the molecule is CC(C)(C)OC(=O)NCCc1cncn1-c1cccc(Cl)c1. The van der Waals surface area contributed by atoms with E-state index in [2.05, 4.69) is 10.3 Å². The number of benzene rings is 1. The van der Waals surface area contributed by atoms with E-state index in [1.165, 1.54) is 0 Å². The van der Waals surface area contributed by atoms with Crippen LogP contribution in [0.15, 0.2) is 36.8 Å². The van der Waals surface area contributed by atoms with Gasteiger partial charge in [-0.15, -0.1) is 0 Å². The molecule has 0 bridgehead atoms. The molecular weight excluding hydrogens is 302 g/mol. The molecule has 5 nitrogen and oxygen atoms in total. The Morgan fingerprint density at radius 3 is 2.86 bits per heavy atom. The third-order valence-electron chi connectivity index (χ3n) is 2.85. The number of nitrogens with one attached hydrogen (secondary N) is 1. The first-order valence-corrected chi connectivity index (χ1v) is 7.47. The van der Waals surface area contributed by atoms with Gasteiger partial charge in [-0.3, -0.25) is 0 Å². The van der Waals surface area contributed by atoms with Crippen LogP contribution in [0.1, 0.15) is 26.5 Å². The van der Waals surface area contributed by atoms with E-state index in [4.69, 9.17) is 16.3 Å². The summed E-state index contributed by atoms with van der Waals surface area (Å²) >= 11 is 6.01. The Labute approximate surface area is 135 Å². The van der Waals surface area contributed by atoms with Crippen LogP contribution in [0.4, 0.5) is 4.79 Å². The Morgan fingerprint density at radius 1 is 1.41 bits per heavy atom. The third-order valence-corrected chi connectivity index (χ3v) is 3.09. The highest BCUT2D eigenvalue weighted by Gasteiger charge is 2.15. The molecule has 22 heavy (non-hydrogen) atoms. The van der Waals surface area contributed by atoms with Crippen molar-refractivity contribution < 1.29 is 9.53 Å². The number of carbonyl (C=O) groups excluding carboxylic acids is 1. The van der Waals surface area contributed by atoms with E-state index in [1.807, 2.05) is 49.6 Å². The number of halogens is 1. The van der Waals surface area contributed by atoms with Gasteiger partial charge in [0.1, 0.15) is 5.60 Å². The lowest BCUT2D eigenvalue weighted by Gasteiger charge is -2.19. The van der Waals surface area contributed by atoms with Gasteiger partial charge >= 0.3 is 6.09 Å². The van der Waals surface area contributed by atoms with Crippen molar-refractivity contribution in [1.82, 2.24) is 14.9 Å². The first-order valence-electron chi connectivity index (χ1n) is 7.09.